The monoisotopic (exact) mass is 489 g/mol. The summed E-state index contributed by atoms with van der Waals surface area (Å²) in [5, 5.41) is 5.92. The molecule has 182 valence electrons. The number of hydrogen-bond donors (Lipinski definition) is 2. The van der Waals surface area contributed by atoms with E-state index in [4.69, 9.17) is 9.15 Å². The smallest absolute Gasteiger partial charge is 0.255 e. The first-order chi connectivity index (χ1) is 17.3. The van der Waals surface area contributed by atoms with Gasteiger partial charge in [0.25, 0.3) is 11.8 Å². The maximum atomic E-state index is 14.6. The van der Waals surface area contributed by atoms with Crippen LogP contribution in [0.1, 0.15) is 33.6 Å². The van der Waals surface area contributed by atoms with E-state index < -0.39 is 23.4 Å². The van der Waals surface area contributed by atoms with Crippen LogP contribution in [0.5, 0.6) is 5.88 Å². The number of amides is 2. The average molecular weight is 489 g/mol. The SMILES string of the molecule is CNC(=O)c1c(-c2ccc(F)cc2)oc2nc(OC)c(-c3ccc(F)c(C(=O)NC45CC4C5)c3)cc12. The fraction of sp³-hybridized carbons (Fsp3) is 0.222. The van der Waals surface area contributed by atoms with E-state index in [1.54, 1.807) is 6.07 Å². The van der Waals surface area contributed by atoms with Gasteiger partial charge < -0.3 is 19.8 Å². The molecule has 2 aromatic carbocycles. The number of fused-ring (bicyclic) bond motifs is 2. The second kappa shape index (κ2) is 7.87. The standard InChI is InChI=1S/C27H21F2N3O4/c1-30-24(34)21-19-10-17(14-5-8-20(29)18(9-14)23(33)32-27-11-15(27)12-27)25(35-2)31-26(19)36-22(21)13-3-6-16(28)7-4-13/h3-10,15H,11-12H2,1-2H3,(H,30,34)(H,32,33). The summed E-state index contributed by atoms with van der Waals surface area (Å²) < 4.78 is 39.5. The van der Waals surface area contributed by atoms with Gasteiger partial charge in [-0.05, 0) is 66.8 Å². The van der Waals surface area contributed by atoms with Crippen LogP contribution < -0.4 is 15.4 Å². The van der Waals surface area contributed by atoms with Gasteiger partial charge >= 0.3 is 0 Å². The van der Waals surface area contributed by atoms with Gasteiger partial charge in [-0.3, -0.25) is 9.59 Å². The number of carbonyl (C=O) groups excluding carboxylic acids is 2. The number of nitrogens with zero attached hydrogens (tertiary/aromatic N) is 1. The minimum atomic E-state index is -0.633. The molecule has 2 aliphatic rings. The highest BCUT2D eigenvalue weighted by atomic mass is 19.1. The van der Waals surface area contributed by atoms with E-state index in [1.807, 2.05) is 0 Å². The third-order valence-electron chi connectivity index (χ3n) is 6.97. The Kier molecular flexibility index (Phi) is 4.86. The van der Waals surface area contributed by atoms with E-state index in [2.05, 4.69) is 15.6 Å². The first kappa shape index (κ1) is 22.2. The number of hydrogen-bond acceptors (Lipinski definition) is 5. The van der Waals surface area contributed by atoms with Crippen molar-refractivity contribution in [2.45, 2.75) is 18.4 Å². The molecule has 9 heteroatoms. The molecule has 0 aliphatic heterocycles. The van der Waals surface area contributed by atoms with Crippen LogP contribution in [0.15, 0.2) is 52.9 Å². The number of aromatic nitrogens is 1. The van der Waals surface area contributed by atoms with Gasteiger partial charge in [0, 0.05) is 23.7 Å². The first-order valence-corrected chi connectivity index (χ1v) is 11.5. The summed E-state index contributed by atoms with van der Waals surface area (Å²) in [5.74, 6) is -1.04. The second-order valence-electron chi connectivity index (χ2n) is 9.20. The molecule has 4 aromatic rings. The average Bonchev–Trinajstić information content (AvgIpc) is 3.70. The Morgan fingerprint density at radius 3 is 2.39 bits per heavy atom. The van der Waals surface area contributed by atoms with E-state index in [-0.39, 0.29) is 34.0 Å². The van der Waals surface area contributed by atoms with Crippen molar-refractivity contribution in [3.63, 3.8) is 0 Å². The molecule has 2 saturated carbocycles. The van der Waals surface area contributed by atoms with Crippen LogP contribution in [0.25, 0.3) is 33.6 Å². The Hall–Kier alpha value is -4.27. The Balaban J connectivity index is 1.49. The van der Waals surface area contributed by atoms with Crippen molar-refractivity contribution in [3.05, 3.63) is 71.3 Å². The maximum Gasteiger partial charge on any atom is 0.255 e. The highest BCUT2D eigenvalue weighted by Crippen LogP contribution is 2.66. The zero-order chi connectivity index (χ0) is 25.2. The summed E-state index contributed by atoms with van der Waals surface area (Å²) in [6.45, 7) is 0. The highest BCUT2D eigenvalue weighted by molar-refractivity contribution is 6.11. The number of carbonyl (C=O) groups is 2. The highest BCUT2D eigenvalue weighted by Gasteiger charge is 2.70. The first-order valence-electron chi connectivity index (χ1n) is 11.5. The summed E-state index contributed by atoms with van der Waals surface area (Å²) in [7, 11) is 2.92. The predicted octanol–water partition coefficient (Wildman–Crippen LogP) is 4.70. The van der Waals surface area contributed by atoms with Gasteiger partial charge in [-0.2, -0.15) is 4.98 Å². The normalized spacial score (nSPS) is 19.5. The molecule has 2 aromatic heterocycles. The van der Waals surface area contributed by atoms with Crippen LogP contribution in [-0.4, -0.2) is 36.5 Å². The molecule has 2 N–H and O–H groups in total. The van der Waals surface area contributed by atoms with E-state index in [9.17, 15) is 18.4 Å². The number of nitrogens with one attached hydrogen (secondary N) is 2. The van der Waals surface area contributed by atoms with E-state index in [1.165, 1.54) is 56.6 Å². The Bertz CT molecular complexity index is 1560. The molecular weight excluding hydrogens is 468 g/mol. The van der Waals surface area contributed by atoms with E-state index >= 15 is 0 Å². The third kappa shape index (κ3) is 3.50. The summed E-state index contributed by atoms with van der Waals surface area (Å²) in [6, 6.07) is 11.4. The fourth-order valence-corrected chi connectivity index (χ4v) is 4.59. The molecule has 0 saturated heterocycles. The lowest BCUT2D eigenvalue weighted by molar-refractivity contribution is 0.0935. The number of rotatable bonds is 6. The van der Waals surface area contributed by atoms with Gasteiger partial charge in [0.1, 0.15) is 17.4 Å². The van der Waals surface area contributed by atoms with E-state index in [0.29, 0.717) is 28.0 Å². The van der Waals surface area contributed by atoms with Crippen molar-refractivity contribution in [2.24, 2.45) is 5.92 Å². The van der Waals surface area contributed by atoms with Gasteiger partial charge in [-0.25, -0.2) is 8.78 Å². The number of pyridine rings is 1. The van der Waals surface area contributed by atoms with Gasteiger partial charge in [-0.1, -0.05) is 6.07 Å². The van der Waals surface area contributed by atoms with Crippen LogP contribution in [0.3, 0.4) is 0 Å². The molecular formula is C27H21F2N3O4. The zero-order valence-electron chi connectivity index (χ0n) is 19.4. The molecule has 0 bridgehead atoms. The summed E-state index contributed by atoms with van der Waals surface area (Å²) in [5.41, 5.74) is 1.56. The molecule has 0 unspecified atom stereocenters. The Labute approximate surface area is 204 Å². The number of benzene rings is 2. The minimum Gasteiger partial charge on any atom is -0.480 e. The topological polar surface area (TPSA) is 93.5 Å². The summed E-state index contributed by atoms with van der Waals surface area (Å²) in [4.78, 5) is 30.1. The maximum absolute atomic E-state index is 14.6. The molecule has 2 amide bonds. The molecule has 36 heavy (non-hydrogen) atoms. The quantitative estimate of drug-likeness (QED) is 0.410. The lowest BCUT2D eigenvalue weighted by Crippen LogP contribution is -2.31. The molecule has 2 fully saturated rings. The molecule has 0 radical (unpaired) electrons. The predicted molar refractivity (Wildman–Crippen MR) is 128 cm³/mol. The fourth-order valence-electron chi connectivity index (χ4n) is 4.59. The lowest BCUT2D eigenvalue weighted by atomic mass is 10.00. The van der Waals surface area contributed by atoms with Crippen molar-refractivity contribution in [1.82, 2.24) is 15.6 Å². The molecule has 2 aliphatic carbocycles. The van der Waals surface area contributed by atoms with Gasteiger partial charge in [0.05, 0.1) is 23.6 Å². The van der Waals surface area contributed by atoms with Crippen molar-refractivity contribution in [2.75, 3.05) is 14.2 Å². The molecule has 2 heterocycles. The van der Waals surface area contributed by atoms with Crippen LogP contribution in [0, 0.1) is 17.6 Å². The van der Waals surface area contributed by atoms with Gasteiger partial charge in [-0.15, -0.1) is 0 Å². The number of halogens is 2. The van der Waals surface area contributed by atoms with Crippen LogP contribution in [-0.2, 0) is 0 Å². The number of furan rings is 1. The summed E-state index contributed by atoms with van der Waals surface area (Å²) in [6.07, 6.45) is 1.88. The van der Waals surface area contributed by atoms with Crippen molar-refractivity contribution in [3.8, 4) is 28.3 Å². The zero-order valence-corrected chi connectivity index (χ0v) is 19.4. The Morgan fingerprint density at radius 2 is 1.75 bits per heavy atom. The second-order valence-corrected chi connectivity index (χ2v) is 9.20. The minimum absolute atomic E-state index is 0.0766. The summed E-state index contributed by atoms with van der Waals surface area (Å²) >= 11 is 0. The molecule has 0 atom stereocenters. The molecule has 7 nitrogen and oxygen atoms in total. The largest absolute Gasteiger partial charge is 0.480 e. The van der Waals surface area contributed by atoms with Crippen molar-refractivity contribution in [1.29, 1.82) is 0 Å². The van der Waals surface area contributed by atoms with Crippen molar-refractivity contribution >= 4 is 22.9 Å². The van der Waals surface area contributed by atoms with Crippen LogP contribution in [0.2, 0.25) is 0 Å². The van der Waals surface area contributed by atoms with Gasteiger partial charge in [0.2, 0.25) is 11.6 Å². The van der Waals surface area contributed by atoms with Crippen LogP contribution in [0.4, 0.5) is 8.78 Å². The molecule has 0 spiro atoms. The van der Waals surface area contributed by atoms with Crippen LogP contribution >= 0.6 is 0 Å². The third-order valence-corrected chi connectivity index (χ3v) is 6.97. The number of methoxy groups -OCH3 is 1. The lowest BCUT2D eigenvalue weighted by Gasteiger charge is -2.12. The van der Waals surface area contributed by atoms with E-state index in [0.717, 1.165) is 12.8 Å². The van der Waals surface area contributed by atoms with Gasteiger partial charge in [0.15, 0.2) is 0 Å². The number of ether oxygens (including phenoxy) is 1. The molecule has 6 rings (SSSR count). The Morgan fingerprint density at radius 1 is 1.06 bits per heavy atom. The van der Waals surface area contributed by atoms with Crippen molar-refractivity contribution < 1.29 is 27.5 Å².